The maximum absolute atomic E-state index is 12.7. The summed E-state index contributed by atoms with van der Waals surface area (Å²) >= 11 is 0. The van der Waals surface area contributed by atoms with Gasteiger partial charge in [-0.05, 0) is 31.9 Å². The molecule has 2 amide bonds. The summed E-state index contributed by atoms with van der Waals surface area (Å²) in [6.07, 6.45) is -3.04. The van der Waals surface area contributed by atoms with Gasteiger partial charge in [0, 0.05) is 19.5 Å². The number of amides is 2. The minimum Gasteiger partial charge on any atom is -0.464 e. The fourth-order valence-corrected chi connectivity index (χ4v) is 3.50. The molecule has 0 saturated carbocycles. The number of aryl methyl sites for hydroxylation is 1. The second-order valence-corrected chi connectivity index (χ2v) is 6.43. The summed E-state index contributed by atoms with van der Waals surface area (Å²) in [5.41, 5.74) is 0. The van der Waals surface area contributed by atoms with Crippen molar-refractivity contribution in [3.8, 4) is 0 Å². The van der Waals surface area contributed by atoms with Crippen molar-refractivity contribution in [2.45, 2.75) is 38.4 Å². The van der Waals surface area contributed by atoms with Gasteiger partial charge in [0.05, 0.1) is 12.0 Å². The Morgan fingerprint density at radius 1 is 1.38 bits per heavy atom. The van der Waals surface area contributed by atoms with Crippen LogP contribution in [0.1, 0.15) is 36.8 Å². The monoisotopic (exact) mass is 344 g/mol. The Balaban J connectivity index is 1.69. The number of rotatable bonds is 3. The van der Waals surface area contributed by atoms with E-state index in [2.05, 4.69) is 0 Å². The molecule has 0 N–H and O–H groups in total. The van der Waals surface area contributed by atoms with Crippen molar-refractivity contribution in [1.82, 2.24) is 9.80 Å². The maximum Gasteiger partial charge on any atom is 0.406 e. The van der Waals surface area contributed by atoms with Crippen molar-refractivity contribution in [1.29, 1.82) is 0 Å². The van der Waals surface area contributed by atoms with Crippen molar-refractivity contribution >= 4 is 11.8 Å². The van der Waals surface area contributed by atoms with Gasteiger partial charge in [-0.3, -0.25) is 9.59 Å². The van der Waals surface area contributed by atoms with Gasteiger partial charge in [0.2, 0.25) is 11.8 Å². The second-order valence-electron chi connectivity index (χ2n) is 6.43. The van der Waals surface area contributed by atoms with E-state index in [0.717, 1.165) is 23.5 Å². The minimum absolute atomic E-state index is 0.157. The van der Waals surface area contributed by atoms with Gasteiger partial charge < -0.3 is 14.2 Å². The molecule has 2 saturated heterocycles. The summed E-state index contributed by atoms with van der Waals surface area (Å²) in [6.45, 7) is 0.885. The van der Waals surface area contributed by atoms with E-state index in [4.69, 9.17) is 4.42 Å². The molecule has 5 nitrogen and oxygen atoms in total. The first-order chi connectivity index (χ1) is 11.2. The molecule has 1 aromatic heterocycles. The normalized spacial score (nSPS) is 24.9. The summed E-state index contributed by atoms with van der Waals surface area (Å²) < 4.78 is 43.1. The van der Waals surface area contributed by atoms with E-state index >= 15 is 0 Å². The van der Waals surface area contributed by atoms with Gasteiger partial charge in [0.1, 0.15) is 18.1 Å². The molecule has 0 aliphatic carbocycles. The number of hydrogen-bond donors (Lipinski definition) is 0. The first kappa shape index (κ1) is 16.9. The number of alkyl halides is 3. The lowest BCUT2D eigenvalue weighted by atomic mass is 10.1. The average Bonchev–Trinajstić information content (AvgIpc) is 3.17. The van der Waals surface area contributed by atoms with Crippen LogP contribution in [0.5, 0.6) is 0 Å². The number of halogens is 3. The molecular weight excluding hydrogens is 325 g/mol. The van der Waals surface area contributed by atoms with Crippen molar-refractivity contribution in [3.05, 3.63) is 23.7 Å². The third kappa shape index (κ3) is 3.42. The van der Waals surface area contributed by atoms with Crippen molar-refractivity contribution < 1.29 is 27.2 Å². The zero-order chi connectivity index (χ0) is 17.5. The van der Waals surface area contributed by atoms with Crippen LogP contribution in [0.4, 0.5) is 13.2 Å². The molecule has 0 unspecified atom stereocenters. The summed E-state index contributed by atoms with van der Waals surface area (Å²) in [4.78, 5) is 26.9. The maximum atomic E-state index is 12.7. The van der Waals surface area contributed by atoms with Crippen LogP contribution in [-0.4, -0.2) is 47.4 Å². The molecule has 2 fully saturated rings. The Hall–Kier alpha value is -1.99. The average molecular weight is 344 g/mol. The molecule has 0 aromatic carbocycles. The molecule has 1 aromatic rings. The van der Waals surface area contributed by atoms with Crippen LogP contribution >= 0.6 is 0 Å². The molecule has 0 spiro atoms. The van der Waals surface area contributed by atoms with Crippen molar-refractivity contribution in [2.24, 2.45) is 5.92 Å². The predicted octanol–water partition coefficient (Wildman–Crippen LogP) is 2.66. The highest BCUT2D eigenvalue weighted by atomic mass is 19.4. The molecule has 0 bridgehead atoms. The van der Waals surface area contributed by atoms with Gasteiger partial charge in [-0.1, -0.05) is 0 Å². The Morgan fingerprint density at radius 2 is 2.12 bits per heavy atom. The van der Waals surface area contributed by atoms with E-state index in [-0.39, 0.29) is 24.9 Å². The molecule has 2 aliphatic rings. The highest BCUT2D eigenvalue weighted by Crippen LogP contribution is 2.35. The third-order valence-electron chi connectivity index (χ3n) is 4.56. The van der Waals surface area contributed by atoms with Crippen LogP contribution in [0.15, 0.2) is 16.5 Å². The molecule has 2 atom stereocenters. The van der Waals surface area contributed by atoms with E-state index in [1.54, 1.807) is 4.90 Å². The van der Waals surface area contributed by atoms with E-state index < -0.39 is 24.5 Å². The number of nitrogens with zero attached hydrogens (tertiary/aromatic N) is 2. The third-order valence-corrected chi connectivity index (χ3v) is 4.56. The molecule has 8 heteroatoms. The minimum atomic E-state index is -4.45. The highest BCUT2D eigenvalue weighted by molar-refractivity contribution is 5.89. The second kappa shape index (κ2) is 6.14. The van der Waals surface area contributed by atoms with Crippen LogP contribution < -0.4 is 0 Å². The van der Waals surface area contributed by atoms with E-state index in [1.165, 1.54) is 0 Å². The van der Waals surface area contributed by atoms with Gasteiger partial charge in [-0.15, -0.1) is 0 Å². The molecule has 24 heavy (non-hydrogen) atoms. The Morgan fingerprint density at radius 3 is 2.75 bits per heavy atom. The largest absolute Gasteiger partial charge is 0.464 e. The predicted molar refractivity (Wildman–Crippen MR) is 77.9 cm³/mol. The Bertz CT molecular complexity index is 641. The van der Waals surface area contributed by atoms with E-state index in [9.17, 15) is 22.8 Å². The van der Waals surface area contributed by atoms with E-state index in [1.807, 2.05) is 19.1 Å². The van der Waals surface area contributed by atoms with Crippen LogP contribution in [0.3, 0.4) is 0 Å². The SMILES string of the molecule is Cc1ccc([C@H]2CCCN2C(=O)[C@H]2CC(=O)N(CC(F)(F)F)C2)o1. The topological polar surface area (TPSA) is 53.8 Å². The summed E-state index contributed by atoms with van der Waals surface area (Å²) in [7, 11) is 0. The highest BCUT2D eigenvalue weighted by Gasteiger charge is 2.43. The molecule has 3 rings (SSSR count). The fraction of sp³-hybridized carbons (Fsp3) is 0.625. The first-order valence-electron chi connectivity index (χ1n) is 7.96. The Kier molecular flexibility index (Phi) is 4.31. The molecule has 2 aliphatic heterocycles. The number of furan rings is 1. The lowest BCUT2D eigenvalue weighted by molar-refractivity contribution is -0.157. The zero-order valence-electron chi connectivity index (χ0n) is 13.3. The standard InChI is InChI=1S/C16H19F3N2O3/c1-10-4-5-13(24-10)12-3-2-6-21(12)15(23)11-7-14(22)20(8-11)9-16(17,18)19/h4-5,11-12H,2-3,6-9H2,1H3/t11-,12+/m0/s1. The molecule has 3 heterocycles. The van der Waals surface area contributed by atoms with Gasteiger partial charge in [-0.25, -0.2) is 0 Å². The number of carbonyl (C=O) groups is 2. The lowest BCUT2D eigenvalue weighted by Gasteiger charge is -2.26. The van der Waals surface area contributed by atoms with Crippen LogP contribution in [0.2, 0.25) is 0 Å². The van der Waals surface area contributed by atoms with Gasteiger partial charge in [-0.2, -0.15) is 13.2 Å². The number of carbonyl (C=O) groups excluding carboxylic acids is 2. The van der Waals surface area contributed by atoms with Crippen LogP contribution in [0, 0.1) is 12.8 Å². The van der Waals surface area contributed by atoms with Crippen molar-refractivity contribution in [2.75, 3.05) is 19.6 Å². The molecular formula is C16H19F3N2O3. The Labute approximate surface area is 137 Å². The molecule has 0 radical (unpaired) electrons. The van der Waals surface area contributed by atoms with Gasteiger partial charge >= 0.3 is 6.18 Å². The summed E-state index contributed by atoms with van der Waals surface area (Å²) in [6, 6.07) is 3.44. The fourth-order valence-electron chi connectivity index (χ4n) is 3.50. The smallest absolute Gasteiger partial charge is 0.406 e. The lowest BCUT2D eigenvalue weighted by Crippen LogP contribution is -2.38. The zero-order valence-corrected chi connectivity index (χ0v) is 13.3. The molecule has 132 valence electrons. The first-order valence-corrected chi connectivity index (χ1v) is 7.96. The summed E-state index contributed by atoms with van der Waals surface area (Å²) in [5, 5.41) is 0. The van der Waals surface area contributed by atoms with Crippen LogP contribution in [0.25, 0.3) is 0 Å². The van der Waals surface area contributed by atoms with Crippen molar-refractivity contribution in [3.63, 3.8) is 0 Å². The number of likely N-dealkylation sites (tertiary alicyclic amines) is 2. The quantitative estimate of drug-likeness (QED) is 0.847. The van der Waals surface area contributed by atoms with Gasteiger partial charge in [0.15, 0.2) is 0 Å². The van der Waals surface area contributed by atoms with Crippen LogP contribution in [-0.2, 0) is 9.59 Å². The van der Waals surface area contributed by atoms with Gasteiger partial charge in [0.25, 0.3) is 0 Å². The summed E-state index contributed by atoms with van der Waals surface area (Å²) in [5.74, 6) is -0.150. The number of hydrogen-bond acceptors (Lipinski definition) is 3. The van der Waals surface area contributed by atoms with E-state index in [0.29, 0.717) is 12.3 Å².